The number of aromatic nitrogens is 4. The topological polar surface area (TPSA) is 56.1 Å². The van der Waals surface area contributed by atoms with Crippen molar-refractivity contribution < 1.29 is 4.74 Å². The summed E-state index contributed by atoms with van der Waals surface area (Å²) in [5.74, 6) is 0.855. The lowest BCUT2D eigenvalue weighted by Gasteiger charge is -2.35. The summed E-state index contributed by atoms with van der Waals surface area (Å²) in [5.41, 5.74) is 4.00. The van der Waals surface area contributed by atoms with Crippen LogP contribution >= 0.6 is 11.3 Å². The molecule has 0 aliphatic carbocycles. The first-order valence-corrected chi connectivity index (χ1v) is 10.9. The third kappa shape index (κ3) is 4.97. The highest BCUT2D eigenvalue weighted by Gasteiger charge is 2.23. The van der Waals surface area contributed by atoms with Gasteiger partial charge in [-0.25, -0.2) is 4.98 Å². The van der Waals surface area contributed by atoms with Gasteiger partial charge in [-0.05, 0) is 44.9 Å². The number of ether oxygens (including phenoxy) is 1. The Morgan fingerprint density at radius 2 is 2.11 bits per heavy atom. The number of hydrogen-bond donors (Lipinski definition) is 0. The number of piperidine rings is 1. The van der Waals surface area contributed by atoms with Gasteiger partial charge in [0.05, 0.1) is 17.4 Å². The maximum absolute atomic E-state index is 5.76. The molecule has 1 unspecified atom stereocenters. The first-order valence-electron chi connectivity index (χ1n) is 9.98. The van der Waals surface area contributed by atoms with Crippen molar-refractivity contribution in [2.75, 3.05) is 6.54 Å². The second kappa shape index (κ2) is 9.30. The van der Waals surface area contributed by atoms with Gasteiger partial charge in [0.1, 0.15) is 18.1 Å². The molecule has 0 radical (unpaired) electrons. The van der Waals surface area contributed by atoms with Gasteiger partial charge in [0.2, 0.25) is 0 Å². The predicted molar refractivity (Wildman–Crippen MR) is 110 cm³/mol. The summed E-state index contributed by atoms with van der Waals surface area (Å²) in [6.07, 6.45) is 6.97. The van der Waals surface area contributed by atoms with Gasteiger partial charge in [-0.2, -0.15) is 0 Å². The van der Waals surface area contributed by atoms with E-state index < -0.39 is 0 Å². The van der Waals surface area contributed by atoms with Crippen molar-refractivity contribution in [2.45, 2.75) is 58.3 Å². The zero-order valence-corrected chi connectivity index (χ0v) is 17.1. The average Bonchev–Trinajstić information content (AvgIpc) is 3.35. The zero-order valence-electron chi connectivity index (χ0n) is 16.3. The standard InChI is InChI=1S/C21H27N5OS/c1-17-21(28-16-22-17)14-25-11-6-5-7-19(25)10-12-26-13-18(23-24-26)15-27-20-8-3-2-4-9-20/h2-4,8-9,13,16,19H,5-7,10-12,14-15H2,1H3. The molecular weight excluding hydrogens is 370 g/mol. The first-order chi connectivity index (χ1) is 13.8. The first kappa shape index (κ1) is 19.1. The average molecular weight is 398 g/mol. The van der Waals surface area contributed by atoms with E-state index in [0.717, 1.165) is 31.0 Å². The maximum Gasteiger partial charge on any atom is 0.134 e. The Labute approximate surface area is 170 Å². The van der Waals surface area contributed by atoms with Gasteiger partial charge >= 0.3 is 0 Å². The van der Waals surface area contributed by atoms with Gasteiger partial charge in [0, 0.05) is 24.0 Å². The third-order valence-corrected chi connectivity index (χ3v) is 6.27. The fourth-order valence-electron chi connectivity index (χ4n) is 3.73. The maximum atomic E-state index is 5.76. The Hall–Kier alpha value is -2.25. The lowest BCUT2D eigenvalue weighted by atomic mass is 9.99. The van der Waals surface area contributed by atoms with Crippen LogP contribution in [0.1, 0.15) is 41.9 Å². The normalized spacial score (nSPS) is 17.7. The van der Waals surface area contributed by atoms with Crippen molar-refractivity contribution in [3.63, 3.8) is 0 Å². The monoisotopic (exact) mass is 397 g/mol. The molecule has 3 heterocycles. The van der Waals surface area contributed by atoms with Crippen LogP contribution in [0.4, 0.5) is 0 Å². The minimum atomic E-state index is 0.449. The molecule has 0 saturated carbocycles. The summed E-state index contributed by atoms with van der Waals surface area (Å²) >= 11 is 1.77. The Morgan fingerprint density at radius 3 is 2.93 bits per heavy atom. The molecule has 4 rings (SSSR count). The van der Waals surface area contributed by atoms with Gasteiger partial charge < -0.3 is 4.74 Å². The van der Waals surface area contributed by atoms with Crippen LogP contribution in [-0.2, 0) is 19.7 Å². The molecule has 2 aromatic heterocycles. The predicted octanol–water partition coefficient (Wildman–Crippen LogP) is 4.07. The summed E-state index contributed by atoms with van der Waals surface area (Å²) in [6, 6.07) is 10.4. The molecule has 7 heteroatoms. The fourth-order valence-corrected chi connectivity index (χ4v) is 4.53. The van der Waals surface area contributed by atoms with Crippen molar-refractivity contribution in [2.24, 2.45) is 0 Å². The van der Waals surface area contributed by atoms with Crippen molar-refractivity contribution in [3.05, 3.63) is 58.3 Å². The van der Waals surface area contributed by atoms with Crippen LogP contribution in [0.15, 0.2) is 42.0 Å². The molecule has 28 heavy (non-hydrogen) atoms. The number of rotatable bonds is 8. The quantitative estimate of drug-likeness (QED) is 0.574. The highest BCUT2D eigenvalue weighted by molar-refractivity contribution is 7.09. The van der Waals surface area contributed by atoms with Gasteiger partial charge in [0.25, 0.3) is 0 Å². The van der Waals surface area contributed by atoms with Gasteiger partial charge in [0.15, 0.2) is 0 Å². The summed E-state index contributed by atoms with van der Waals surface area (Å²) in [7, 11) is 0. The second-order valence-electron chi connectivity index (χ2n) is 7.34. The molecule has 1 saturated heterocycles. The minimum Gasteiger partial charge on any atom is -0.487 e. The molecule has 1 fully saturated rings. The Kier molecular flexibility index (Phi) is 6.34. The lowest BCUT2D eigenvalue weighted by molar-refractivity contribution is 0.128. The highest BCUT2D eigenvalue weighted by atomic mass is 32.1. The van der Waals surface area contributed by atoms with Crippen molar-refractivity contribution in [1.82, 2.24) is 24.9 Å². The van der Waals surface area contributed by atoms with E-state index in [2.05, 4.69) is 27.1 Å². The fraction of sp³-hybridized carbons (Fsp3) is 0.476. The highest BCUT2D eigenvalue weighted by Crippen LogP contribution is 2.24. The number of thiazole rings is 1. The number of para-hydroxylation sites is 1. The van der Waals surface area contributed by atoms with Crippen LogP contribution in [0, 0.1) is 6.92 Å². The number of aryl methyl sites for hydroxylation is 2. The molecule has 1 aliphatic rings. The van der Waals surface area contributed by atoms with Gasteiger partial charge in [-0.15, -0.1) is 16.4 Å². The van der Waals surface area contributed by atoms with Crippen LogP contribution < -0.4 is 4.74 Å². The summed E-state index contributed by atoms with van der Waals surface area (Å²) in [6.45, 7) is 5.65. The van der Waals surface area contributed by atoms with Gasteiger partial charge in [-0.3, -0.25) is 9.58 Å². The number of hydrogen-bond acceptors (Lipinski definition) is 6. The van der Waals surface area contributed by atoms with Crippen LogP contribution in [-0.4, -0.2) is 37.5 Å². The smallest absolute Gasteiger partial charge is 0.134 e. The van der Waals surface area contributed by atoms with Crippen LogP contribution in [0.5, 0.6) is 5.75 Å². The number of benzene rings is 1. The van der Waals surface area contributed by atoms with E-state index in [1.54, 1.807) is 11.3 Å². The van der Waals surface area contributed by atoms with Crippen molar-refractivity contribution >= 4 is 11.3 Å². The molecule has 1 atom stereocenters. The van der Waals surface area contributed by atoms with E-state index in [1.165, 1.54) is 36.4 Å². The molecule has 1 aromatic carbocycles. The molecular formula is C21H27N5OS. The molecule has 1 aliphatic heterocycles. The van der Waals surface area contributed by atoms with E-state index in [9.17, 15) is 0 Å². The Balaban J connectivity index is 1.29. The molecule has 148 valence electrons. The second-order valence-corrected chi connectivity index (χ2v) is 8.28. The van der Waals surface area contributed by atoms with E-state index >= 15 is 0 Å². The lowest BCUT2D eigenvalue weighted by Crippen LogP contribution is -2.39. The van der Waals surface area contributed by atoms with E-state index in [0.29, 0.717) is 12.6 Å². The van der Waals surface area contributed by atoms with Crippen LogP contribution in [0.2, 0.25) is 0 Å². The Morgan fingerprint density at radius 1 is 1.21 bits per heavy atom. The van der Waals surface area contributed by atoms with Crippen LogP contribution in [0.25, 0.3) is 0 Å². The molecule has 0 spiro atoms. The summed E-state index contributed by atoms with van der Waals surface area (Å²) in [5, 5.41) is 8.54. The Bertz CT molecular complexity index is 863. The molecule has 0 N–H and O–H groups in total. The minimum absolute atomic E-state index is 0.449. The molecule has 0 amide bonds. The molecule has 0 bridgehead atoms. The van der Waals surface area contributed by atoms with Crippen LogP contribution in [0.3, 0.4) is 0 Å². The van der Waals surface area contributed by atoms with Crippen molar-refractivity contribution in [1.29, 1.82) is 0 Å². The van der Waals surface area contributed by atoms with E-state index in [4.69, 9.17) is 4.74 Å². The SMILES string of the molecule is Cc1ncsc1CN1CCCCC1CCn1cc(COc2ccccc2)nn1. The van der Waals surface area contributed by atoms with E-state index in [1.807, 2.05) is 46.7 Å². The van der Waals surface area contributed by atoms with Gasteiger partial charge in [-0.1, -0.05) is 29.8 Å². The molecule has 6 nitrogen and oxygen atoms in total. The number of nitrogens with zero attached hydrogens (tertiary/aromatic N) is 5. The summed E-state index contributed by atoms with van der Waals surface area (Å²) < 4.78 is 7.71. The summed E-state index contributed by atoms with van der Waals surface area (Å²) in [4.78, 5) is 8.42. The third-order valence-electron chi connectivity index (χ3n) is 5.35. The van der Waals surface area contributed by atoms with Crippen molar-refractivity contribution in [3.8, 4) is 5.75 Å². The largest absolute Gasteiger partial charge is 0.487 e. The molecule has 3 aromatic rings. The zero-order chi connectivity index (χ0) is 19.2. The van der Waals surface area contributed by atoms with E-state index in [-0.39, 0.29) is 0 Å². The number of likely N-dealkylation sites (tertiary alicyclic amines) is 1.